The Morgan fingerprint density at radius 2 is 2.05 bits per heavy atom. The van der Waals surface area contributed by atoms with E-state index in [1.165, 1.54) is 7.11 Å². The van der Waals surface area contributed by atoms with Gasteiger partial charge in [-0.25, -0.2) is 0 Å². The maximum Gasteiger partial charge on any atom is 0.260 e. The van der Waals surface area contributed by atoms with Crippen LogP contribution in [0.5, 0.6) is 11.5 Å². The van der Waals surface area contributed by atoms with Gasteiger partial charge >= 0.3 is 0 Å². The van der Waals surface area contributed by atoms with Crippen molar-refractivity contribution in [3.63, 3.8) is 0 Å². The number of rotatable bonds is 8. The molecule has 1 rings (SSSR count). The van der Waals surface area contributed by atoms with Crippen molar-refractivity contribution in [1.82, 2.24) is 5.32 Å². The molecule has 116 valence electrons. The van der Waals surface area contributed by atoms with E-state index in [0.717, 1.165) is 19.1 Å². The van der Waals surface area contributed by atoms with Gasteiger partial charge in [0, 0.05) is 11.6 Å². The molecule has 5 nitrogen and oxygen atoms in total. The third-order valence-corrected chi connectivity index (χ3v) is 3.11. The van der Waals surface area contributed by atoms with Crippen molar-refractivity contribution in [2.45, 2.75) is 45.8 Å². The topological polar surface area (TPSA) is 64.6 Å². The third kappa shape index (κ3) is 5.10. The molecule has 2 unspecified atom stereocenters. The number of aldehydes is 1. The molecule has 0 aromatic heterocycles. The summed E-state index contributed by atoms with van der Waals surface area (Å²) in [6.07, 6.45) is 2.03. The standard InChI is InChI=1S/C16H23NO4/c1-5-6-11(2)17-16(19)12(3)21-14-8-7-13(10-18)9-15(14)20-4/h7-12H,5-6H2,1-4H3,(H,17,19). The zero-order chi connectivity index (χ0) is 15.8. The lowest BCUT2D eigenvalue weighted by Crippen LogP contribution is -2.41. The Morgan fingerprint density at radius 1 is 1.33 bits per heavy atom. The van der Waals surface area contributed by atoms with Crippen LogP contribution < -0.4 is 14.8 Å². The molecule has 2 atom stereocenters. The van der Waals surface area contributed by atoms with Gasteiger partial charge in [0.2, 0.25) is 0 Å². The smallest absolute Gasteiger partial charge is 0.260 e. The first-order valence-corrected chi connectivity index (χ1v) is 7.12. The fourth-order valence-corrected chi connectivity index (χ4v) is 1.96. The Hall–Kier alpha value is -2.04. The van der Waals surface area contributed by atoms with E-state index >= 15 is 0 Å². The van der Waals surface area contributed by atoms with Crippen molar-refractivity contribution in [2.24, 2.45) is 0 Å². The van der Waals surface area contributed by atoms with E-state index in [1.54, 1.807) is 25.1 Å². The first-order valence-electron chi connectivity index (χ1n) is 7.12. The summed E-state index contributed by atoms with van der Waals surface area (Å²) in [7, 11) is 1.49. The lowest BCUT2D eigenvalue weighted by Gasteiger charge is -2.19. The maximum absolute atomic E-state index is 12.0. The van der Waals surface area contributed by atoms with Crippen molar-refractivity contribution >= 4 is 12.2 Å². The quantitative estimate of drug-likeness (QED) is 0.748. The van der Waals surface area contributed by atoms with Gasteiger partial charge in [0.15, 0.2) is 17.6 Å². The average molecular weight is 293 g/mol. The molecule has 0 aliphatic rings. The lowest BCUT2D eigenvalue weighted by atomic mass is 10.2. The van der Waals surface area contributed by atoms with Crippen molar-refractivity contribution in [3.05, 3.63) is 23.8 Å². The highest BCUT2D eigenvalue weighted by Crippen LogP contribution is 2.28. The summed E-state index contributed by atoms with van der Waals surface area (Å²) in [5.41, 5.74) is 0.493. The fourth-order valence-electron chi connectivity index (χ4n) is 1.96. The fraction of sp³-hybridized carbons (Fsp3) is 0.500. The minimum Gasteiger partial charge on any atom is -0.493 e. The summed E-state index contributed by atoms with van der Waals surface area (Å²) in [5, 5.41) is 2.90. The molecular weight excluding hydrogens is 270 g/mol. The van der Waals surface area contributed by atoms with Gasteiger partial charge in [-0.1, -0.05) is 13.3 Å². The normalized spacial score (nSPS) is 13.1. The molecule has 0 radical (unpaired) electrons. The van der Waals surface area contributed by atoms with Gasteiger partial charge in [-0.05, 0) is 38.5 Å². The van der Waals surface area contributed by atoms with Crippen molar-refractivity contribution < 1.29 is 19.1 Å². The predicted molar refractivity (Wildman–Crippen MR) is 81.0 cm³/mol. The van der Waals surface area contributed by atoms with Crippen LogP contribution in [0.2, 0.25) is 0 Å². The number of carbonyl (C=O) groups is 2. The highest BCUT2D eigenvalue weighted by molar-refractivity contribution is 5.81. The van der Waals surface area contributed by atoms with Crippen LogP contribution in [0, 0.1) is 0 Å². The van der Waals surface area contributed by atoms with Crippen LogP contribution in [0.4, 0.5) is 0 Å². The molecule has 21 heavy (non-hydrogen) atoms. The van der Waals surface area contributed by atoms with Gasteiger partial charge in [0.25, 0.3) is 5.91 Å². The maximum atomic E-state index is 12.0. The van der Waals surface area contributed by atoms with E-state index in [-0.39, 0.29) is 11.9 Å². The van der Waals surface area contributed by atoms with E-state index in [4.69, 9.17) is 9.47 Å². The van der Waals surface area contributed by atoms with Crippen LogP contribution in [0.25, 0.3) is 0 Å². The molecule has 5 heteroatoms. The second kappa shape index (κ2) is 8.29. The van der Waals surface area contributed by atoms with Crippen LogP contribution in [-0.4, -0.2) is 31.4 Å². The van der Waals surface area contributed by atoms with Gasteiger partial charge < -0.3 is 14.8 Å². The average Bonchev–Trinajstić information content (AvgIpc) is 2.47. The minimum atomic E-state index is -0.639. The zero-order valence-corrected chi connectivity index (χ0v) is 13.0. The lowest BCUT2D eigenvalue weighted by molar-refractivity contribution is -0.127. The Bertz CT molecular complexity index is 487. The van der Waals surface area contributed by atoms with Gasteiger partial charge in [-0.3, -0.25) is 9.59 Å². The molecule has 0 bridgehead atoms. The summed E-state index contributed by atoms with van der Waals surface area (Å²) in [6, 6.07) is 4.94. The largest absolute Gasteiger partial charge is 0.493 e. The Morgan fingerprint density at radius 3 is 2.62 bits per heavy atom. The summed E-state index contributed by atoms with van der Waals surface area (Å²) < 4.78 is 10.8. The van der Waals surface area contributed by atoms with E-state index in [2.05, 4.69) is 12.2 Å². The first-order chi connectivity index (χ1) is 10.0. The van der Waals surface area contributed by atoms with E-state index in [0.29, 0.717) is 17.1 Å². The molecule has 0 heterocycles. The second-order valence-electron chi connectivity index (χ2n) is 4.99. The molecule has 0 aliphatic heterocycles. The molecular formula is C16H23NO4. The monoisotopic (exact) mass is 293 g/mol. The molecule has 0 fully saturated rings. The Balaban J connectivity index is 2.71. The molecule has 0 spiro atoms. The minimum absolute atomic E-state index is 0.118. The van der Waals surface area contributed by atoms with Crippen molar-refractivity contribution in [1.29, 1.82) is 0 Å². The zero-order valence-electron chi connectivity index (χ0n) is 13.0. The van der Waals surface area contributed by atoms with Crippen LogP contribution in [0.3, 0.4) is 0 Å². The number of carbonyl (C=O) groups excluding carboxylic acids is 2. The number of nitrogens with one attached hydrogen (secondary N) is 1. The molecule has 1 N–H and O–H groups in total. The molecule has 1 aromatic carbocycles. The summed E-state index contributed by atoms with van der Waals surface area (Å²) in [4.78, 5) is 22.8. The van der Waals surface area contributed by atoms with E-state index < -0.39 is 6.10 Å². The molecule has 0 aliphatic carbocycles. The number of hydrogen-bond acceptors (Lipinski definition) is 4. The third-order valence-electron chi connectivity index (χ3n) is 3.11. The van der Waals surface area contributed by atoms with Crippen molar-refractivity contribution in [2.75, 3.05) is 7.11 Å². The SMILES string of the molecule is CCCC(C)NC(=O)C(C)Oc1ccc(C=O)cc1OC. The van der Waals surface area contributed by atoms with Gasteiger partial charge in [-0.15, -0.1) is 0 Å². The summed E-state index contributed by atoms with van der Waals surface area (Å²) in [6.45, 7) is 5.72. The van der Waals surface area contributed by atoms with Crippen molar-refractivity contribution in [3.8, 4) is 11.5 Å². The highest BCUT2D eigenvalue weighted by atomic mass is 16.5. The Labute approximate surface area is 125 Å². The molecule has 1 amide bonds. The molecule has 1 aromatic rings. The number of amides is 1. The highest BCUT2D eigenvalue weighted by Gasteiger charge is 2.18. The van der Waals surface area contributed by atoms with Crippen LogP contribution in [-0.2, 0) is 4.79 Å². The number of methoxy groups -OCH3 is 1. The van der Waals surface area contributed by atoms with Crippen LogP contribution in [0.1, 0.15) is 44.0 Å². The van der Waals surface area contributed by atoms with Crippen LogP contribution >= 0.6 is 0 Å². The second-order valence-corrected chi connectivity index (χ2v) is 4.99. The van der Waals surface area contributed by atoms with Gasteiger partial charge in [0.1, 0.15) is 6.29 Å². The van der Waals surface area contributed by atoms with Crippen LogP contribution in [0.15, 0.2) is 18.2 Å². The Kier molecular flexibility index (Phi) is 6.72. The number of benzene rings is 1. The van der Waals surface area contributed by atoms with E-state index in [9.17, 15) is 9.59 Å². The summed E-state index contributed by atoms with van der Waals surface area (Å²) in [5.74, 6) is 0.701. The summed E-state index contributed by atoms with van der Waals surface area (Å²) >= 11 is 0. The number of hydrogen-bond donors (Lipinski definition) is 1. The first kappa shape index (κ1) is 17.0. The van der Waals surface area contributed by atoms with Gasteiger partial charge in [-0.2, -0.15) is 0 Å². The molecule has 0 saturated heterocycles. The van der Waals surface area contributed by atoms with Gasteiger partial charge in [0.05, 0.1) is 7.11 Å². The van der Waals surface area contributed by atoms with E-state index in [1.807, 2.05) is 6.92 Å². The predicted octanol–water partition coefficient (Wildman–Crippen LogP) is 2.58. The molecule has 0 saturated carbocycles. The number of ether oxygens (including phenoxy) is 2.